The molecule has 3 N–H and O–H groups in total. The second-order valence-corrected chi connectivity index (χ2v) is 9.15. The van der Waals surface area contributed by atoms with E-state index in [2.05, 4.69) is 45.0 Å². The Labute approximate surface area is 211 Å². The van der Waals surface area contributed by atoms with Crippen LogP contribution in [0.15, 0.2) is 78.9 Å². The molecule has 4 aromatic rings. The third-order valence-electron chi connectivity index (χ3n) is 6.38. The van der Waals surface area contributed by atoms with Crippen LogP contribution in [0.4, 0.5) is 28.8 Å². The number of methoxy groups -OCH3 is 1. The maximum atomic E-state index is 13.2. The summed E-state index contributed by atoms with van der Waals surface area (Å²) in [6.45, 7) is 3.99. The molecule has 7 nitrogen and oxygen atoms in total. The van der Waals surface area contributed by atoms with E-state index in [0.717, 1.165) is 46.9 Å². The molecular formula is C29H29N5O2. The van der Waals surface area contributed by atoms with Crippen molar-refractivity contribution in [3.63, 3.8) is 0 Å². The van der Waals surface area contributed by atoms with Crippen LogP contribution >= 0.6 is 0 Å². The Kier molecular flexibility index (Phi) is 6.29. The maximum absolute atomic E-state index is 13.2. The topological polar surface area (TPSA) is 88.2 Å². The largest absolute Gasteiger partial charge is 0.496 e. The van der Waals surface area contributed by atoms with E-state index in [1.54, 1.807) is 7.11 Å². The number of aryl methyl sites for hydroxylation is 2. The third-order valence-corrected chi connectivity index (χ3v) is 6.38. The van der Waals surface area contributed by atoms with Gasteiger partial charge in [-0.3, -0.25) is 4.79 Å². The number of hydrogen-bond acceptors (Lipinski definition) is 6. The van der Waals surface area contributed by atoms with Gasteiger partial charge in [-0.1, -0.05) is 35.9 Å². The van der Waals surface area contributed by atoms with Crippen molar-refractivity contribution in [3.8, 4) is 5.75 Å². The van der Waals surface area contributed by atoms with E-state index < -0.39 is 5.41 Å². The molecular weight excluding hydrogens is 450 g/mol. The molecule has 0 radical (unpaired) electrons. The second-order valence-electron chi connectivity index (χ2n) is 9.15. The van der Waals surface area contributed by atoms with E-state index >= 15 is 0 Å². The molecule has 1 fully saturated rings. The summed E-state index contributed by atoms with van der Waals surface area (Å²) < 4.78 is 5.49. The fraction of sp³-hybridized carbons (Fsp3) is 0.207. The number of rotatable bonds is 8. The first-order valence-corrected chi connectivity index (χ1v) is 12.0. The van der Waals surface area contributed by atoms with Gasteiger partial charge in [-0.25, -0.2) is 4.98 Å². The number of nitrogens with zero attached hydrogens (tertiary/aromatic N) is 2. The van der Waals surface area contributed by atoms with E-state index in [1.165, 1.54) is 5.56 Å². The molecule has 0 unspecified atom stereocenters. The first kappa shape index (κ1) is 23.4. The molecule has 0 aliphatic heterocycles. The molecule has 0 saturated heterocycles. The number of hydrogen-bond donors (Lipinski definition) is 3. The second kappa shape index (κ2) is 9.70. The number of anilines is 5. The Morgan fingerprint density at radius 3 is 2.17 bits per heavy atom. The average molecular weight is 480 g/mol. The van der Waals surface area contributed by atoms with Crippen LogP contribution in [0.25, 0.3) is 0 Å². The van der Waals surface area contributed by atoms with Gasteiger partial charge in [-0.05, 0) is 69.2 Å². The summed E-state index contributed by atoms with van der Waals surface area (Å²) in [7, 11) is 1.64. The fourth-order valence-corrected chi connectivity index (χ4v) is 4.27. The van der Waals surface area contributed by atoms with Gasteiger partial charge in [0.05, 0.1) is 12.5 Å². The summed E-state index contributed by atoms with van der Waals surface area (Å²) in [5.41, 5.74) is 4.98. The van der Waals surface area contributed by atoms with Crippen molar-refractivity contribution in [3.05, 3.63) is 95.7 Å². The Morgan fingerprint density at radius 1 is 0.833 bits per heavy atom. The minimum absolute atomic E-state index is 0.0125. The summed E-state index contributed by atoms with van der Waals surface area (Å²) in [4.78, 5) is 22.3. The van der Waals surface area contributed by atoms with Crippen LogP contribution in [0, 0.1) is 13.8 Å². The van der Waals surface area contributed by atoms with E-state index in [0.29, 0.717) is 11.8 Å². The van der Waals surface area contributed by atoms with Crippen LogP contribution in [-0.4, -0.2) is 23.0 Å². The minimum atomic E-state index is -0.528. The number of amides is 1. The highest BCUT2D eigenvalue weighted by molar-refractivity contribution is 6.02. The summed E-state index contributed by atoms with van der Waals surface area (Å²) in [6.07, 6.45) is 1.62. The predicted molar refractivity (Wildman–Crippen MR) is 143 cm³/mol. The van der Waals surface area contributed by atoms with Crippen molar-refractivity contribution < 1.29 is 9.53 Å². The molecule has 0 atom stereocenters. The maximum Gasteiger partial charge on any atom is 0.235 e. The van der Waals surface area contributed by atoms with Crippen molar-refractivity contribution in [2.24, 2.45) is 0 Å². The van der Waals surface area contributed by atoms with Crippen molar-refractivity contribution in [2.45, 2.75) is 32.1 Å². The lowest BCUT2D eigenvalue weighted by Gasteiger charge is -2.18. The molecule has 1 aromatic heterocycles. The van der Waals surface area contributed by atoms with E-state index in [4.69, 9.17) is 4.74 Å². The molecule has 1 aliphatic rings. The molecule has 3 aromatic carbocycles. The van der Waals surface area contributed by atoms with E-state index in [-0.39, 0.29) is 5.91 Å². The number of aromatic nitrogens is 2. The molecule has 0 spiro atoms. The van der Waals surface area contributed by atoms with Crippen LogP contribution in [0.5, 0.6) is 5.75 Å². The Bertz CT molecular complexity index is 1380. The highest BCUT2D eigenvalue weighted by atomic mass is 16.5. The number of para-hydroxylation sites is 1. The molecule has 5 rings (SSSR count). The van der Waals surface area contributed by atoms with Crippen LogP contribution < -0.4 is 20.7 Å². The van der Waals surface area contributed by atoms with Gasteiger partial charge in [0.2, 0.25) is 11.9 Å². The smallest absolute Gasteiger partial charge is 0.235 e. The average Bonchev–Trinajstić information content (AvgIpc) is 3.68. The van der Waals surface area contributed by atoms with Gasteiger partial charge in [0.15, 0.2) is 0 Å². The van der Waals surface area contributed by atoms with Gasteiger partial charge < -0.3 is 20.7 Å². The molecule has 36 heavy (non-hydrogen) atoms. The van der Waals surface area contributed by atoms with Crippen molar-refractivity contribution in [1.82, 2.24) is 9.97 Å². The molecule has 1 heterocycles. The quantitative estimate of drug-likeness (QED) is 0.276. The van der Waals surface area contributed by atoms with Gasteiger partial charge in [-0.15, -0.1) is 0 Å². The third kappa shape index (κ3) is 5.00. The summed E-state index contributed by atoms with van der Waals surface area (Å²) in [5, 5.41) is 9.65. The molecule has 0 bridgehead atoms. The lowest BCUT2D eigenvalue weighted by atomic mass is 9.94. The van der Waals surface area contributed by atoms with Crippen LogP contribution in [0.1, 0.15) is 29.7 Å². The lowest BCUT2D eigenvalue weighted by molar-refractivity contribution is -0.118. The van der Waals surface area contributed by atoms with Gasteiger partial charge in [0, 0.05) is 34.4 Å². The first-order valence-electron chi connectivity index (χ1n) is 12.0. The number of benzene rings is 3. The van der Waals surface area contributed by atoms with Gasteiger partial charge in [-0.2, -0.15) is 4.98 Å². The minimum Gasteiger partial charge on any atom is -0.496 e. The normalized spacial score (nSPS) is 13.5. The highest BCUT2D eigenvalue weighted by Gasteiger charge is 2.52. The standard InChI is InChI=1S/C29H29N5O2/c1-19-8-10-21(11-9-19)31-26-18-20(2)30-28(34-26)33-23-14-12-22(13-15-23)32-27(35)29(16-17-29)24-6-4-5-7-25(24)36-3/h4-15,18H,16-17H2,1-3H3,(H,32,35)(H2,30,31,33,34). The molecule has 182 valence electrons. The number of ether oxygens (including phenoxy) is 1. The molecule has 7 heteroatoms. The molecule has 1 aliphatic carbocycles. The van der Waals surface area contributed by atoms with Crippen molar-refractivity contribution >= 4 is 34.7 Å². The molecule has 1 saturated carbocycles. The highest BCUT2D eigenvalue weighted by Crippen LogP contribution is 2.52. The Morgan fingerprint density at radius 2 is 1.47 bits per heavy atom. The summed E-state index contributed by atoms with van der Waals surface area (Å²) >= 11 is 0. The van der Waals surface area contributed by atoms with Gasteiger partial charge in [0.25, 0.3) is 0 Å². The summed E-state index contributed by atoms with van der Waals surface area (Å²) in [6, 6.07) is 25.3. The van der Waals surface area contributed by atoms with Gasteiger partial charge >= 0.3 is 0 Å². The van der Waals surface area contributed by atoms with Crippen LogP contribution in [0.3, 0.4) is 0 Å². The number of carbonyl (C=O) groups excluding carboxylic acids is 1. The van der Waals surface area contributed by atoms with Crippen molar-refractivity contribution in [1.29, 1.82) is 0 Å². The van der Waals surface area contributed by atoms with E-state index in [9.17, 15) is 4.79 Å². The van der Waals surface area contributed by atoms with Crippen LogP contribution in [0.2, 0.25) is 0 Å². The zero-order chi connectivity index (χ0) is 25.1. The van der Waals surface area contributed by atoms with Crippen molar-refractivity contribution in [2.75, 3.05) is 23.1 Å². The zero-order valence-electron chi connectivity index (χ0n) is 20.6. The predicted octanol–water partition coefficient (Wildman–Crippen LogP) is 6.26. The summed E-state index contributed by atoms with van der Waals surface area (Å²) in [5.74, 6) is 1.94. The lowest BCUT2D eigenvalue weighted by Crippen LogP contribution is -2.28. The van der Waals surface area contributed by atoms with Crippen LogP contribution in [-0.2, 0) is 10.2 Å². The number of nitrogens with one attached hydrogen (secondary N) is 3. The Hall–Kier alpha value is -4.39. The molecule has 1 amide bonds. The fourth-order valence-electron chi connectivity index (χ4n) is 4.27. The SMILES string of the molecule is COc1ccccc1C1(C(=O)Nc2ccc(Nc3nc(C)cc(Nc4ccc(C)cc4)n3)cc2)CC1. The first-order chi connectivity index (χ1) is 17.4. The van der Waals surface area contributed by atoms with Gasteiger partial charge in [0.1, 0.15) is 11.6 Å². The zero-order valence-corrected chi connectivity index (χ0v) is 20.6. The Balaban J connectivity index is 1.26. The van der Waals surface area contributed by atoms with E-state index in [1.807, 2.05) is 73.7 Å². The monoisotopic (exact) mass is 479 g/mol. The number of carbonyl (C=O) groups is 1.